The van der Waals surface area contributed by atoms with Gasteiger partial charge in [0.15, 0.2) is 0 Å². The van der Waals surface area contributed by atoms with Gasteiger partial charge in [0.1, 0.15) is 17.1 Å². The number of piperidine rings is 1. The molecule has 22 heavy (non-hydrogen) atoms. The van der Waals surface area contributed by atoms with Gasteiger partial charge in [0, 0.05) is 13.0 Å². The molecular formula is C15H23ClN2O4. The average molecular weight is 331 g/mol. The quantitative estimate of drug-likeness (QED) is 0.852. The van der Waals surface area contributed by atoms with Crippen molar-refractivity contribution in [3.8, 4) is 0 Å². The highest BCUT2D eigenvalue weighted by Crippen LogP contribution is 2.19. The maximum Gasteiger partial charge on any atom is 0.341 e. The van der Waals surface area contributed by atoms with Gasteiger partial charge in [-0.15, -0.1) is 12.4 Å². The third-order valence-corrected chi connectivity index (χ3v) is 3.83. The van der Waals surface area contributed by atoms with Crippen LogP contribution in [0.4, 0.5) is 0 Å². The van der Waals surface area contributed by atoms with E-state index in [-0.39, 0.29) is 24.2 Å². The van der Waals surface area contributed by atoms with Crippen molar-refractivity contribution in [2.45, 2.75) is 26.3 Å². The fraction of sp³-hybridized carbons (Fsp3) is 0.600. The van der Waals surface area contributed by atoms with Crippen molar-refractivity contribution in [2.24, 2.45) is 5.92 Å². The first-order valence-electron chi connectivity index (χ1n) is 7.16. The molecule has 0 radical (unpaired) electrons. The molecule has 7 heteroatoms. The Bertz CT molecular complexity index is 524. The summed E-state index contributed by atoms with van der Waals surface area (Å²) in [6, 6.07) is 1.65. The molecule has 0 atom stereocenters. The smallest absolute Gasteiger partial charge is 0.341 e. The summed E-state index contributed by atoms with van der Waals surface area (Å²) < 4.78 is 10.2. The van der Waals surface area contributed by atoms with Crippen molar-refractivity contribution in [2.75, 3.05) is 27.2 Å². The second-order valence-corrected chi connectivity index (χ2v) is 5.39. The zero-order valence-electron chi connectivity index (χ0n) is 13.2. The number of aryl methyl sites for hydroxylation is 1. The fourth-order valence-electron chi connectivity index (χ4n) is 2.63. The van der Waals surface area contributed by atoms with Crippen LogP contribution in [0.3, 0.4) is 0 Å². The highest BCUT2D eigenvalue weighted by atomic mass is 35.5. The van der Waals surface area contributed by atoms with Gasteiger partial charge in [0.2, 0.25) is 5.91 Å². The molecule has 0 saturated carbocycles. The zero-order chi connectivity index (χ0) is 15.4. The van der Waals surface area contributed by atoms with Crippen LogP contribution in [0, 0.1) is 12.8 Å². The lowest BCUT2D eigenvalue weighted by Crippen LogP contribution is -2.38. The second kappa shape index (κ2) is 8.19. The molecule has 0 bridgehead atoms. The summed E-state index contributed by atoms with van der Waals surface area (Å²) >= 11 is 0. The molecule has 2 rings (SSSR count). The number of carbonyl (C=O) groups is 2. The fourth-order valence-corrected chi connectivity index (χ4v) is 2.63. The first kappa shape index (κ1) is 18.5. The molecule has 124 valence electrons. The Labute approximate surface area is 136 Å². The average Bonchev–Trinajstić information content (AvgIpc) is 2.87. The lowest BCUT2D eigenvalue weighted by atomic mass is 9.97. The molecule has 1 saturated heterocycles. The van der Waals surface area contributed by atoms with E-state index in [1.165, 1.54) is 7.11 Å². The molecule has 1 amide bonds. The largest absolute Gasteiger partial charge is 0.465 e. The minimum absolute atomic E-state index is 0. The van der Waals surface area contributed by atoms with Crippen molar-refractivity contribution in [1.82, 2.24) is 10.2 Å². The van der Waals surface area contributed by atoms with Crippen LogP contribution < -0.4 is 5.32 Å². The first-order chi connectivity index (χ1) is 10.0. The Morgan fingerprint density at radius 1 is 1.41 bits per heavy atom. The SMILES string of the molecule is COC(=O)c1cc(CN(C)C(=O)C2CCNCC2)oc1C.Cl. The predicted molar refractivity (Wildman–Crippen MR) is 84.1 cm³/mol. The monoisotopic (exact) mass is 330 g/mol. The molecular weight excluding hydrogens is 308 g/mol. The summed E-state index contributed by atoms with van der Waals surface area (Å²) in [4.78, 5) is 25.6. The Morgan fingerprint density at radius 3 is 2.64 bits per heavy atom. The first-order valence-corrected chi connectivity index (χ1v) is 7.16. The van der Waals surface area contributed by atoms with Crippen molar-refractivity contribution in [3.05, 3.63) is 23.2 Å². The molecule has 1 aliphatic rings. The molecule has 1 aromatic rings. The van der Waals surface area contributed by atoms with Crippen LogP contribution in [0.25, 0.3) is 0 Å². The highest BCUT2D eigenvalue weighted by molar-refractivity contribution is 5.90. The maximum atomic E-state index is 12.3. The highest BCUT2D eigenvalue weighted by Gasteiger charge is 2.25. The third kappa shape index (κ3) is 4.24. The summed E-state index contributed by atoms with van der Waals surface area (Å²) in [5.74, 6) is 0.893. The van der Waals surface area contributed by atoms with Crippen LogP contribution >= 0.6 is 12.4 Å². The number of furan rings is 1. The topological polar surface area (TPSA) is 71.8 Å². The summed E-state index contributed by atoms with van der Waals surface area (Å²) in [6.45, 7) is 3.85. The summed E-state index contributed by atoms with van der Waals surface area (Å²) in [6.07, 6.45) is 1.74. The van der Waals surface area contributed by atoms with E-state index in [9.17, 15) is 9.59 Å². The van der Waals surface area contributed by atoms with Crippen molar-refractivity contribution < 1.29 is 18.7 Å². The molecule has 0 spiro atoms. The Kier molecular flexibility index (Phi) is 6.90. The van der Waals surface area contributed by atoms with Crippen LogP contribution in [-0.2, 0) is 16.1 Å². The van der Waals surface area contributed by atoms with Crippen LogP contribution in [0.1, 0.15) is 34.7 Å². The minimum atomic E-state index is -0.421. The number of methoxy groups -OCH3 is 1. The molecule has 1 aliphatic heterocycles. The summed E-state index contributed by atoms with van der Waals surface area (Å²) in [5, 5.41) is 3.25. The number of amides is 1. The lowest BCUT2D eigenvalue weighted by molar-refractivity contribution is -0.135. The third-order valence-electron chi connectivity index (χ3n) is 3.83. The predicted octanol–water partition coefficient (Wildman–Crippen LogP) is 1.75. The van der Waals surface area contributed by atoms with E-state index in [0.717, 1.165) is 25.9 Å². The van der Waals surface area contributed by atoms with E-state index in [2.05, 4.69) is 5.32 Å². The number of nitrogens with one attached hydrogen (secondary N) is 1. The molecule has 6 nitrogen and oxygen atoms in total. The van der Waals surface area contributed by atoms with E-state index in [1.807, 2.05) is 0 Å². The standard InChI is InChI=1S/C15H22N2O4.ClH/c1-10-13(15(19)20-3)8-12(21-10)9-17(2)14(18)11-4-6-16-7-5-11;/h8,11,16H,4-7,9H2,1-3H3;1H. The number of rotatable bonds is 4. The molecule has 1 aromatic heterocycles. The van der Waals surface area contributed by atoms with E-state index in [1.54, 1.807) is 24.9 Å². The van der Waals surface area contributed by atoms with E-state index in [0.29, 0.717) is 23.6 Å². The van der Waals surface area contributed by atoms with Crippen LogP contribution in [-0.4, -0.2) is 44.0 Å². The van der Waals surface area contributed by atoms with Crippen LogP contribution in [0.15, 0.2) is 10.5 Å². The molecule has 1 N–H and O–H groups in total. The van der Waals surface area contributed by atoms with Gasteiger partial charge in [0.05, 0.1) is 13.7 Å². The number of nitrogens with zero attached hydrogens (tertiary/aromatic N) is 1. The number of hydrogen-bond acceptors (Lipinski definition) is 5. The molecule has 0 unspecified atom stereocenters. The van der Waals surface area contributed by atoms with Gasteiger partial charge in [-0.05, 0) is 38.9 Å². The van der Waals surface area contributed by atoms with Gasteiger partial charge < -0.3 is 19.4 Å². The van der Waals surface area contributed by atoms with E-state index in [4.69, 9.17) is 9.15 Å². The summed E-state index contributed by atoms with van der Waals surface area (Å²) in [7, 11) is 3.10. The number of halogens is 1. The number of esters is 1. The zero-order valence-corrected chi connectivity index (χ0v) is 14.0. The van der Waals surface area contributed by atoms with Gasteiger partial charge in [-0.25, -0.2) is 4.79 Å². The van der Waals surface area contributed by atoms with Gasteiger partial charge in [0.25, 0.3) is 0 Å². The van der Waals surface area contributed by atoms with E-state index < -0.39 is 5.97 Å². The van der Waals surface area contributed by atoms with Crippen LogP contribution in [0.5, 0.6) is 0 Å². The van der Waals surface area contributed by atoms with Gasteiger partial charge in [-0.2, -0.15) is 0 Å². The Hall–Kier alpha value is -1.53. The lowest BCUT2D eigenvalue weighted by Gasteiger charge is -2.26. The van der Waals surface area contributed by atoms with E-state index >= 15 is 0 Å². The molecule has 1 fully saturated rings. The number of hydrogen-bond donors (Lipinski definition) is 1. The Morgan fingerprint density at radius 2 is 2.05 bits per heavy atom. The second-order valence-electron chi connectivity index (χ2n) is 5.39. The minimum Gasteiger partial charge on any atom is -0.465 e. The van der Waals surface area contributed by atoms with Gasteiger partial charge in [-0.3, -0.25) is 4.79 Å². The van der Waals surface area contributed by atoms with Crippen molar-refractivity contribution in [3.63, 3.8) is 0 Å². The van der Waals surface area contributed by atoms with Gasteiger partial charge in [-0.1, -0.05) is 0 Å². The Balaban J connectivity index is 0.00000242. The summed E-state index contributed by atoms with van der Waals surface area (Å²) in [5.41, 5.74) is 0.412. The maximum absolute atomic E-state index is 12.3. The van der Waals surface area contributed by atoms with Crippen LogP contribution in [0.2, 0.25) is 0 Å². The number of ether oxygens (including phenoxy) is 1. The normalized spacial score (nSPS) is 15.0. The number of carbonyl (C=O) groups excluding carboxylic acids is 2. The van der Waals surface area contributed by atoms with Crippen molar-refractivity contribution in [1.29, 1.82) is 0 Å². The van der Waals surface area contributed by atoms with Crippen molar-refractivity contribution >= 4 is 24.3 Å². The molecule has 0 aromatic carbocycles. The molecule has 2 heterocycles. The van der Waals surface area contributed by atoms with Gasteiger partial charge >= 0.3 is 5.97 Å². The molecule has 0 aliphatic carbocycles.